The molecule has 1 unspecified atom stereocenters. The molecule has 0 aromatic rings. The number of carbonyl (C=O) groups is 1. The van der Waals surface area contributed by atoms with Crippen LogP contribution in [0.1, 0.15) is 391 Å². The van der Waals surface area contributed by atoms with Crippen LogP contribution in [0.3, 0.4) is 0 Å². The van der Waals surface area contributed by atoms with Crippen molar-refractivity contribution in [2.24, 2.45) is 27.1 Å². The summed E-state index contributed by atoms with van der Waals surface area (Å²) in [6, 6.07) is 0. The van der Waals surface area contributed by atoms with E-state index in [4.69, 9.17) is 0 Å². The van der Waals surface area contributed by atoms with Crippen LogP contribution in [0.5, 0.6) is 0 Å². The maximum atomic E-state index is 12.4. The van der Waals surface area contributed by atoms with E-state index < -0.39 is 38.7 Å². The summed E-state index contributed by atoms with van der Waals surface area (Å²) in [5.41, 5.74) is 2.08. The Morgan fingerprint density at radius 3 is 0.654 bits per heavy atom. The highest BCUT2D eigenvalue weighted by atomic mass is 32.2. The molecule has 0 bridgehead atoms. The van der Waals surface area contributed by atoms with Crippen molar-refractivity contribution in [3.05, 3.63) is 0 Å². The molecule has 0 fully saturated rings. The number of hydrogen-bond acceptors (Lipinski definition) is 6. The SMILES string of the molecule is C=S(=O)(CCCCCCCCCCC(C)(C)C)C(C)(C)C.CC(C)(C)CC(=O)CCCCCCCCCCCS(=O)(=O)C(C)(C)C.CC(C)(C)CCCCCCCCCCC(C)(C)C.CC(C)(C)CCCCCCS(=O)(=O)C(C)(C)C. The monoisotopic (exact) mass is 1210 g/mol. The third-order valence-corrected chi connectivity index (χ3v) is 24.0. The van der Waals surface area contributed by atoms with Crippen molar-refractivity contribution in [3.8, 4) is 0 Å². The van der Waals surface area contributed by atoms with Crippen molar-refractivity contribution in [1.82, 2.24) is 0 Å². The molecule has 0 spiro atoms. The Morgan fingerprint density at radius 1 is 0.259 bits per heavy atom. The van der Waals surface area contributed by atoms with Gasteiger partial charge in [-0.1, -0.05) is 264 Å². The normalized spacial score (nSPS) is 14.0. The average molecular weight is 1210 g/mol. The number of unbranched alkanes of at least 4 members (excludes halogenated alkanes) is 25. The molecule has 0 heterocycles. The van der Waals surface area contributed by atoms with E-state index in [2.05, 4.69) is 110 Å². The minimum Gasteiger partial charge on any atom is -0.300 e. The van der Waals surface area contributed by atoms with E-state index in [9.17, 15) is 25.8 Å². The Labute approximate surface area is 513 Å². The zero-order valence-electron chi connectivity index (χ0n) is 59.8. The van der Waals surface area contributed by atoms with Crippen molar-refractivity contribution in [3.63, 3.8) is 0 Å². The van der Waals surface area contributed by atoms with Crippen molar-refractivity contribution in [1.29, 1.82) is 0 Å². The lowest BCUT2D eigenvalue weighted by molar-refractivity contribution is -0.120. The number of carbonyl (C=O) groups excluding carboxylic acids is 1. The minimum atomic E-state index is -2.95. The van der Waals surface area contributed by atoms with Gasteiger partial charge in [-0.3, -0.25) is 9.00 Å². The highest BCUT2D eigenvalue weighted by molar-refractivity contribution is 8.01. The lowest BCUT2D eigenvalue weighted by Gasteiger charge is -2.24. The van der Waals surface area contributed by atoms with E-state index in [-0.39, 0.29) is 10.2 Å². The number of hydrogen-bond donors (Lipinski definition) is 0. The Bertz CT molecular complexity index is 1810. The first-order valence-corrected chi connectivity index (χ1v) is 39.0. The van der Waals surface area contributed by atoms with E-state index in [1.165, 1.54) is 154 Å². The van der Waals surface area contributed by atoms with Gasteiger partial charge in [0.2, 0.25) is 0 Å². The Kier molecular flexibility index (Phi) is 46.5. The minimum absolute atomic E-state index is 0.114. The van der Waals surface area contributed by atoms with Gasteiger partial charge in [-0.25, -0.2) is 16.8 Å². The Balaban J connectivity index is -0.000000493. The van der Waals surface area contributed by atoms with Gasteiger partial charge >= 0.3 is 0 Å². The molecule has 0 aliphatic rings. The van der Waals surface area contributed by atoms with Crippen LogP contribution >= 0.6 is 0 Å². The second-order valence-electron chi connectivity index (χ2n) is 34.0. The summed E-state index contributed by atoms with van der Waals surface area (Å²) < 4.78 is 58.7. The molecular weight excluding hydrogens is 1060 g/mol. The molecule has 0 aromatic heterocycles. The molecule has 0 radical (unpaired) electrons. The first-order chi connectivity index (χ1) is 36.5. The van der Waals surface area contributed by atoms with E-state index in [0.717, 1.165) is 70.0 Å². The topological polar surface area (TPSA) is 102 Å². The second-order valence-corrected chi connectivity index (χ2v) is 43.0. The predicted octanol–water partition coefficient (Wildman–Crippen LogP) is 23.3. The van der Waals surface area contributed by atoms with Gasteiger partial charge in [-0.2, -0.15) is 0 Å². The number of Topliss-reactive ketones (excluding diaryl/α,β-unsaturated/α-hetero) is 1. The van der Waals surface area contributed by atoms with Gasteiger partial charge < -0.3 is 0 Å². The molecule has 81 heavy (non-hydrogen) atoms. The van der Waals surface area contributed by atoms with Crippen LogP contribution in [0.2, 0.25) is 0 Å². The standard InChI is InChI=1S/C21H42O3S.C19H40OS.C18H38.C14H30O2S/c1-20(2,3)18-19(22)16-14-12-10-8-7-9-11-13-15-17-25(23,24)21(4,5)6;1-18(2,3)16-14-12-10-8-9-11-13-15-17-21(7,20)19(4,5)6;1-17(2,3)15-13-11-9-7-8-10-12-14-16-18(4,5)6;1-13(2,3)11-9-7-8-10-12-17(15,16)14(4,5)6/h7-18H2,1-6H3;7-17H2,1-6H3;7-16H2,1-6H3;7-12H2,1-6H3. The zero-order valence-corrected chi connectivity index (χ0v) is 62.2. The first kappa shape index (κ1) is 87.0. The molecule has 9 heteroatoms. The molecule has 1 atom stereocenters. The van der Waals surface area contributed by atoms with Gasteiger partial charge in [0.05, 0.1) is 21.0 Å². The van der Waals surface area contributed by atoms with Crippen LogP contribution in [0, 0.1) is 27.1 Å². The fourth-order valence-electron chi connectivity index (χ4n) is 9.17. The second kappa shape index (κ2) is 43.3. The smallest absolute Gasteiger partial charge is 0.155 e. The third-order valence-electron chi connectivity index (χ3n) is 15.4. The zero-order chi connectivity index (χ0) is 63.9. The van der Waals surface area contributed by atoms with Gasteiger partial charge in [-0.15, -0.1) is 0 Å². The summed E-state index contributed by atoms with van der Waals surface area (Å²) in [6.45, 7) is 50.9. The third kappa shape index (κ3) is 62.5. The fraction of sp³-hybridized carbons (Fsp3) is 0.972. The maximum Gasteiger partial charge on any atom is 0.155 e. The van der Waals surface area contributed by atoms with Crippen molar-refractivity contribution < 1.29 is 25.8 Å². The van der Waals surface area contributed by atoms with Crippen LogP contribution in [-0.2, 0) is 34.0 Å². The molecule has 6 nitrogen and oxygen atoms in total. The lowest BCUT2D eigenvalue weighted by atomic mass is 9.88. The van der Waals surface area contributed by atoms with Crippen molar-refractivity contribution >= 4 is 40.8 Å². The van der Waals surface area contributed by atoms with Crippen molar-refractivity contribution in [2.75, 3.05) is 17.3 Å². The van der Waals surface area contributed by atoms with Crippen LogP contribution in [0.25, 0.3) is 0 Å². The van der Waals surface area contributed by atoms with E-state index in [0.29, 0.717) is 45.4 Å². The summed E-state index contributed by atoms with van der Waals surface area (Å²) in [4.78, 5) is 11.8. The molecule has 0 aliphatic heterocycles. The highest BCUT2D eigenvalue weighted by Crippen LogP contribution is 2.28. The van der Waals surface area contributed by atoms with Crippen LogP contribution in [0.15, 0.2) is 0 Å². The van der Waals surface area contributed by atoms with Gasteiger partial charge in [-0.05, 0) is 156 Å². The van der Waals surface area contributed by atoms with E-state index >= 15 is 0 Å². The highest BCUT2D eigenvalue weighted by Gasteiger charge is 2.29. The summed E-state index contributed by atoms with van der Waals surface area (Å²) >= 11 is 0. The summed E-state index contributed by atoms with van der Waals surface area (Å²) in [6.07, 6.45) is 42.9. The predicted molar refractivity (Wildman–Crippen MR) is 371 cm³/mol. The van der Waals surface area contributed by atoms with Crippen LogP contribution < -0.4 is 0 Å². The van der Waals surface area contributed by atoms with Crippen LogP contribution in [-0.4, -0.2) is 64.2 Å². The Morgan fingerprint density at radius 2 is 0.457 bits per heavy atom. The molecule has 0 N–H and O–H groups in total. The average Bonchev–Trinajstić information content (AvgIpc) is 3.25. The van der Waals surface area contributed by atoms with Crippen LogP contribution in [0.4, 0.5) is 0 Å². The van der Waals surface area contributed by atoms with Gasteiger partial charge in [0.1, 0.15) is 5.78 Å². The fourth-order valence-corrected chi connectivity index (χ4v) is 12.8. The summed E-state index contributed by atoms with van der Waals surface area (Å²) in [7, 11) is -7.78. The van der Waals surface area contributed by atoms with E-state index in [1.807, 2.05) is 20.8 Å². The lowest BCUT2D eigenvalue weighted by Crippen LogP contribution is -2.30. The molecule has 0 saturated carbocycles. The van der Waals surface area contributed by atoms with E-state index in [1.54, 1.807) is 41.5 Å². The summed E-state index contributed by atoms with van der Waals surface area (Å²) in [5, 5.41) is 0. The number of ketones is 1. The first-order valence-electron chi connectivity index (χ1n) is 33.8. The molecule has 0 saturated heterocycles. The maximum absolute atomic E-state index is 12.4. The largest absolute Gasteiger partial charge is 0.300 e. The molecule has 0 amide bonds. The van der Waals surface area contributed by atoms with Crippen molar-refractivity contribution in [2.45, 2.75) is 405 Å². The molecule has 492 valence electrons. The molecule has 0 aromatic carbocycles. The van der Waals surface area contributed by atoms with Gasteiger partial charge in [0.25, 0.3) is 0 Å². The number of sulfone groups is 2. The molecule has 0 rings (SSSR count). The molecular formula is C72H150O6S3. The van der Waals surface area contributed by atoms with Gasteiger partial charge in [0, 0.05) is 23.3 Å². The Hall–Kier alpha value is -0.410. The number of rotatable bonds is 38. The summed E-state index contributed by atoms with van der Waals surface area (Å²) in [5.74, 6) is 5.81. The molecule has 0 aliphatic carbocycles. The quantitative estimate of drug-likeness (QED) is 0.0451. The van der Waals surface area contributed by atoms with Gasteiger partial charge in [0.15, 0.2) is 19.7 Å².